The molecule has 3 aromatic rings. The minimum atomic E-state index is -0.361. The maximum atomic E-state index is 12.7. The number of carbonyl (C=O) groups excluding carboxylic acids is 2. The van der Waals surface area contributed by atoms with Gasteiger partial charge in [-0.25, -0.2) is 0 Å². The lowest BCUT2D eigenvalue weighted by molar-refractivity contribution is 0.0751. The molecule has 4 rings (SSSR count). The van der Waals surface area contributed by atoms with Crippen molar-refractivity contribution in [3.63, 3.8) is 0 Å². The first-order chi connectivity index (χ1) is 15.5. The third-order valence-electron chi connectivity index (χ3n) is 5.25. The number of ether oxygens (including phenoxy) is 1. The number of nitrogens with zero attached hydrogens (tertiary/aromatic N) is 2. The number of rotatable bonds is 5. The Labute approximate surface area is 200 Å². The van der Waals surface area contributed by atoms with Crippen LogP contribution in [0.4, 0.5) is 11.4 Å². The topological polar surface area (TPSA) is 61.9 Å². The summed E-state index contributed by atoms with van der Waals surface area (Å²) >= 11 is 13.6. The molecule has 0 atom stereocenters. The fourth-order valence-electron chi connectivity index (χ4n) is 3.61. The van der Waals surface area contributed by atoms with Crippen molar-refractivity contribution in [2.24, 2.45) is 0 Å². The van der Waals surface area contributed by atoms with E-state index >= 15 is 0 Å². The van der Waals surface area contributed by atoms with Gasteiger partial charge in [0.1, 0.15) is 5.75 Å². The van der Waals surface area contributed by atoms with E-state index in [1.54, 1.807) is 0 Å². The molecule has 0 bridgehead atoms. The van der Waals surface area contributed by atoms with E-state index in [-0.39, 0.29) is 28.1 Å². The number of thiophene rings is 1. The fraction of sp³-hybridized carbons (Fsp3) is 0.217. The Kier molecular flexibility index (Phi) is 6.89. The third-order valence-corrected chi connectivity index (χ3v) is 6.60. The Morgan fingerprint density at radius 1 is 1.03 bits per heavy atom. The number of halogens is 2. The highest BCUT2D eigenvalue weighted by atomic mass is 35.5. The van der Waals surface area contributed by atoms with Crippen LogP contribution in [0.15, 0.2) is 53.9 Å². The van der Waals surface area contributed by atoms with Crippen LogP contribution in [0.25, 0.3) is 0 Å². The summed E-state index contributed by atoms with van der Waals surface area (Å²) < 4.78 is 5.25. The predicted molar refractivity (Wildman–Crippen MR) is 130 cm³/mol. The van der Waals surface area contributed by atoms with Crippen LogP contribution in [0, 0.1) is 0 Å². The minimum Gasteiger partial charge on any atom is -0.494 e. The summed E-state index contributed by atoms with van der Waals surface area (Å²) in [6.07, 6.45) is 0. The van der Waals surface area contributed by atoms with E-state index < -0.39 is 0 Å². The van der Waals surface area contributed by atoms with Gasteiger partial charge in [-0.1, -0.05) is 29.3 Å². The van der Waals surface area contributed by atoms with E-state index in [9.17, 15) is 9.59 Å². The van der Waals surface area contributed by atoms with E-state index in [1.165, 1.54) is 30.6 Å². The second-order valence-electron chi connectivity index (χ2n) is 7.23. The lowest BCUT2D eigenvalue weighted by Gasteiger charge is -2.36. The Hall–Kier alpha value is -2.74. The molecular weight excluding hydrogens is 469 g/mol. The molecule has 0 aliphatic carbocycles. The summed E-state index contributed by atoms with van der Waals surface area (Å²) in [6.45, 7) is 2.84. The van der Waals surface area contributed by atoms with Crippen molar-refractivity contribution >= 4 is 57.7 Å². The molecule has 2 amide bonds. The van der Waals surface area contributed by atoms with Crippen LogP contribution < -0.4 is 15.0 Å². The molecular formula is C23H21Cl2N3O3S. The zero-order valence-electron chi connectivity index (χ0n) is 17.3. The number of piperazine rings is 1. The normalized spacial score (nSPS) is 13.7. The van der Waals surface area contributed by atoms with Crippen LogP contribution in [-0.2, 0) is 0 Å². The fourth-order valence-corrected chi connectivity index (χ4v) is 4.88. The van der Waals surface area contributed by atoms with Gasteiger partial charge in [0.05, 0.1) is 22.6 Å². The molecule has 6 nitrogen and oxygen atoms in total. The van der Waals surface area contributed by atoms with Gasteiger partial charge in [0, 0.05) is 42.6 Å². The number of anilines is 2. The van der Waals surface area contributed by atoms with Gasteiger partial charge in [0.15, 0.2) is 0 Å². The number of methoxy groups -OCH3 is 1. The average molecular weight is 490 g/mol. The van der Waals surface area contributed by atoms with E-state index in [4.69, 9.17) is 27.9 Å². The molecule has 2 heterocycles. The van der Waals surface area contributed by atoms with E-state index in [0.717, 1.165) is 23.7 Å². The highest BCUT2D eigenvalue weighted by Crippen LogP contribution is 2.33. The quantitative estimate of drug-likeness (QED) is 0.529. The number of hydrogen-bond donors (Lipinski definition) is 1. The van der Waals surface area contributed by atoms with E-state index in [2.05, 4.69) is 10.2 Å². The summed E-state index contributed by atoms with van der Waals surface area (Å²) in [5.41, 5.74) is 1.94. The highest BCUT2D eigenvalue weighted by molar-refractivity contribution is 7.12. The lowest BCUT2D eigenvalue weighted by atomic mass is 10.1. The molecule has 1 aromatic heterocycles. The van der Waals surface area contributed by atoms with Crippen molar-refractivity contribution in [2.75, 3.05) is 43.5 Å². The lowest BCUT2D eigenvalue weighted by Crippen LogP contribution is -2.48. The first kappa shape index (κ1) is 22.5. The minimum absolute atomic E-state index is 0.0919. The van der Waals surface area contributed by atoms with Crippen molar-refractivity contribution < 1.29 is 14.3 Å². The molecule has 1 aliphatic rings. The summed E-state index contributed by atoms with van der Waals surface area (Å²) in [6, 6.07) is 14.4. The third kappa shape index (κ3) is 4.85. The first-order valence-electron chi connectivity index (χ1n) is 9.98. The summed E-state index contributed by atoms with van der Waals surface area (Å²) in [5, 5.41) is 5.40. The predicted octanol–water partition coefficient (Wildman–Crippen LogP) is 5.28. The summed E-state index contributed by atoms with van der Waals surface area (Å²) in [4.78, 5) is 30.1. The molecule has 1 saturated heterocycles. The highest BCUT2D eigenvalue weighted by Gasteiger charge is 2.23. The van der Waals surface area contributed by atoms with Crippen molar-refractivity contribution in [1.29, 1.82) is 0 Å². The average Bonchev–Trinajstić information content (AvgIpc) is 3.34. The van der Waals surface area contributed by atoms with E-state index in [1.807, 2.05) is 46.7 Å². The van der Waals surface area contributed by atoms with Crippen molar-refractivity contribution in [1.82, 2.24) is 4.90 Å². The van der Waals surface area contributed by atoms with Gasteiger partial charge in [-0.3, -0.25) is 9.59 Å². The monoisotopic (exact) mass is 489 g/mol. The van der Waals surface area contributed by atoms with E-state index in [0.29, 0.717) is 23.8 Å². The van der Waals surface area contributed by atoms with Gasteiger partial charge in [0.25, 0.3) is 11.8 Å². The van der Waals surface area contributed by atoms with Gasteiger partial charge < -0.3 is 19.9 Å². The zero-order chi connectivity index (χ0) is 22.7. The second-order valence-corrected chi connectivity index (χ2v) is 9.02. The maximum absolute atomic E-state index is 12.7. The second kappa shape index (κ2) is 9.81. The standard InChI is InChI=1S/C23H21Cl2N3O3S/c1-31-21-18(13-15(24)14-19(21)25)22(29)26-16-4-6-17(7-5-16)27-8-10-28(11-9-27)23(30)20-3-2-12-32-20/h2-7,12-14H,8-11H2,1H3,(H,26,29). The van der Waals surface area contributed by atoms with Crippen LogP contribution in [0.3, 0.4) is 0 Å². The first-order valence-corrected chi connectivity index (χ1v) is 11.6. The Bertz CT molecular complexity index is 1110. The molecule has 0 unspecified atom stereocenters. The molecule has 0 saturated carbocycles. The number of amides is 2. The van der Waals surface area contributed by atoms with Gasteiger partial charge >= 0.3 is 0 Å². The van der Waals surface area contributed by atoms with Gasteiger partial charge in [-0.2, -0.15) is 0 Å². The molecule has 1 fully saturated rings. The number of nitrogens with one attached hydrogen (secondary N) is 1. The smallest absolute Gasteiger partial charge is 0.264 e. The van der Waals surface area contributed by atoms with Crippen LogP contribution in [0.1, 0.15) is 20.0 Å². The summed E-state index contributed by atoms with van der Waals surface area (Å²) in [7, 11) is 1.45. The Morgan fingerprint density at radius 3 is 2.38 bits per heavy atom. The number of hydrogen-bond acceptors (Lipinski definition) is 5. The SMILES string of the molecule is COc1c(Cl)cc(Cl)cc1C(=O)Nc1ccc(N2CCN(C(=O)c3cccs3)CC2)cc1. The molecule has 0 radical (unpaired) electrons. The maximum Gasteiger partial charge on any atom is 0.264 e. The molecule has 9 heteroatoms. The molecule has 0 spiro atoms. The van der Waals surface area contributed by atoms with Crippen molar-refractivity contribution in [3.05, 3.63) is 74.4 Å². The van der Waals surface area contributed by atoms with Gasteiger partial charge in [-0.15, -0.1) is 11.3 Å². The Morgan fingerprint density at radius 2 is 1.75 bits per heavy atom. The summed E-state index contributed by atoms with van der Waals surface area (Å²) in [5.74, 6) is 0.00844. The number of carbonyl (C=O) groups is 2. The molecule has 1 N–H and O–H groups in total. The molecule has 166 valence electrons. The van der Waals surface area contributed by atoms with Crippen LogP contribution >= 0.6 is 34.5 Å². The zero-order valence-corrected chi connectivity index (χ0v) is 19.6. The van der Waals surface area contributed by atoms with Crippen LogP contribution in [-0.4, -0.2) is 50.0 Å². The Balaban J connectivity index is 1.38. The van der Waals surface area contributed by atoms with Crippen molar-refractivity contribution in [3.8, 4) is 5.75 Å². The molecule has 1 aliphatic heterocycles. The van der Waals surface area contributed by atoms with Crippen LogP contribution in [0.5, 0.6) is 5.75 Å². The molecule has 2 aromatic carbocycles. The van der Waals surface area contributed by atoms with Gasteiger partial charge in [-0.05, 0) is 47.8 Å². The largest absolute Gasteiger partial charge is 0.494 e. The molecule has 32 heavy (non-hydrogen) atoms. The van der Waals surface area contributed by atoms with Gasteiger partial charge in [0.2, 0.25) is 0 Å². The van der Waals surface area contributed by atoms with Crippen LogP contribution in [0.2, 0.25) is 10.0 Å². The van der Waals surface area contributed by atoms with Crippen molar-refractivity contribution in [2.45, 2.75) is 0 Å². The number of benzene rings is 2.